The van der Waals surface area contributed by atoms with Gasteiger partial charge < -0.3 is 0 Å². The lowest BCUT2D eigenvalue weighted by molar-refractivity contribution is 0.101. The van der Waals surface area contributed by atoms with Crippen LogP contribution in [0.3, 0.4) is 0 Å². The monoisotopic (exact) mass is 296 g/mol. The zero-order valence-electron chi connectivity index (χ0n) is 11.8. The second kappa shape index (κ2) is 5.93. The molecule has 0 spiro atoms. The molecule has 1 aliphatic heterocycles. The molecular formula is C14H20N2O3S. The van der Waals surface area contributed by atoms with Gasteiger partial charge in [-0.3, -0.25) is 9.52 Å². The Hall–Kier alpha value is -1.40. The summed E-state index contributed by atoms with van der Waals surface area (Å²) in [7, 11) is -3.54. The fourth-order valence-corrected chi connectivity index (χ4v) is 3.75. The first-order valence-electron chi connectivity index (χ1n) is 6.77. The highest BCUT2D eigenvalue weighted by atomic mass is 32.2. The maximum atomic E-state index is 12.3. The van der Waals surface area contributed by atoms with Gasteiger partial charge in [-0.1, -0.05) is 19.1 Å². The summed E-state index contributed by atoms with van der Waals surface area (Å²) in [5.74, 6) is 0.293. The van der Waals surface area contributed by atoms with Gasteiger partial charge in [0.15, 0.2) is 5.78 Å². The van der Waals surface area contributed by atoms with Crippen molar-refractivity contribution in [2.75, 3.05) is 17.8 Å². The van der Waals surface area contributed by atoms with Gasteiger partial charge >= 0.3 is 10.2 Å². The quantitative estimate of drug-likeness (QED) is 0.867. The fraction of sp³-hybridized carbons (Fsp3) is 0.500. The fourth-order valence-electron chi connectivity index (χ4n) is 2.38. The van der Waals surface area contributed by atoms with Gasteiger partial charge in [0.25, 0.3) is 0 Å². The zero-order valence-corrected chi connectivity index (χ0v) is 12.6. The molecule has 1 aromatic carbocycles. The first-order valence-corrected chi connectivity index (χ1v) is 8.21. The average Bonchev–Trinajstić information content (AvgIpc) is 2.38. The van der Waals surface area contributed by atoms with Crippen LogP contribution in [-0.2, 0) is 10.2 Å². The van der Waals surface area contributed by atoms with Crippen LogP contribution in [0.5, 0.6) is 0 Å². The van der Waals surface area contributed by atoms with E-state index in [2.05, 4.69) is 11.6 Å². The molecule has 0 aliphatic carbocycles. The summed E-state index contributed by atoms with van der Waals surface area (Å²) in [4.78, 5) is 11.3. The number of ketones is 1. The van der Waals surface area contributed by atoms with E-state index in [0.29, 0.717) is 30.3 Å². The Morgan fingerprint density at radius 3 is 2.80 bits per heavy atom. The third-order valence-electron chi connectivity index (χ3n) is 3.48. The number of carbonyl (C=O) groups is 1. The van der Waals surface area contributed by atoms with Gasteiger partial charge in [0.05, 0.1) is 5.69 Å². The Morgan fingerprint density at radius 1 is 1.40 bits per heavy atom. The molecule has 1 saturated heterocycles. The van der Waals surface area contributed by atoms with Crippen LogP contribution in [-0.4, -0.2) is 31.6 Å². The number of rotatable bonds is 4. The molecular weight excluding hydrogens is 276 g/mol. The maximum Gasteiger partial charge on any atom is 0.301 e. The van der Waals surface area contributed by atoms with Gasteiger partial charge in [-0.05, 0) is 37.8 Å². The molecule has 0 aromatic heterocycles. The van der Waals surface area contributed by atoms with Gasteiger partial charge in [-0.2, -0.15) is 12.7 Å². The lowest BCUT2D eigenvalue weighted by atomic mass is 10.0. The van der Waals surface area contributed by atoms with E-state index >= 15 is 0 Å². The highest BCUT2D eigenvalue weighted by molar-refractivity contribution is 7.90. The SMILES string of the molecule is CC(=O)c1cccc(NS(=O)(=O)N2CCCC(C)C2)c1. The summed E-state index contributed by atoms with van der Waals surface area (Å²) < 4.78 is 28.6. The summed E-state index contributed by atoms with van der Waals surface area (Å²) in [6, 6.07) is 6.56. The van der Waals surface area contributed by atoms with E-state index in [1.165, 1.54) is 11.2 Å². The van der Waals surface area contributed by atoms with Crippen molar-refractivity contribution < 1.29 is 13.2 Å². The average molecular weight is 296 g/mol. The minimum absolute atomic E-state index is 0.0855. The summed E-state index contributed by atoms with van der Waals surface area (Å²) in [5.41, 5.74) is 0.924. The minimum atomic E-state index is -3.54. The molecule has 1 atom stereocenters. The molecule has 5 nitrogen and oxygen atoms in total. The maximum absolute atomic E-state index is 12.3. The van der Waals surface area contributed by atoms with E-state index in [9.17, 15) is 13.2 Å². The van der Waals surface area contributed by atoms with Gasteiger partial charge in [-0.25, -0.2) is 0 Å². The third-order valence-corrected chi connectivity index (χ3v) is 4.98. The Balaban J connectivity index is 2.15. The van der Waals surface area contributed by atoms with E-state index in [0.717, 1.165) is 12.8 Å². The summed E-state index contributed by atoms with van der Waals surface area (Å²) >= 11 is 0. The molecule has 6 heteroatoms. The molecule has 0 saturated carbocycles. The van der Waals surface area contributed by atoms with Gasteiger partial charge in [0.1, 0.15) is 0 Å². The van der Waals surface area contributed by atoms with Crippen LogP contribution in [0.15, 0.2) is 24.3 Å². The van der Waals surface area contributed by atoms with Crippen molar-refractivity contribution >= 4 is 21.7 Å². The van der Waals surface area contributed by atoms with E-state index < -0.39 is 10.2 Å². The van der Waals surface area contributed by atoms with Crippen LogP contribution in [0.2, 0.25) is 0 Å². The number of nitrogens with zero attached hydrogens (tertiary/aromatic N) is 1. The lowest BCUT2D eigenvalue weighted by Crippen LogP contribution is -2.42. The second-order valence-electron chi connectivity index (χ2n) is 5.35. The van der Waals surface area contributed by atoms with Crippen LogP contribution < -0.4 is 4.72 Å². The Bertz CT molecular complexity index is 598. The molecule has 20 heavy (non-hydrogen) atoms. The number of hydrogen-bond acceptors (Lipinski definition) is 3. The standard InChI is InChI=1S/C14H20N2O3S/c1-11-5-4-8-16(10-11)20(18,19)15-14-7-3-6-13(9-14)12(2)17/h3,6-7,9,11,15H,4-5,8,10H2,1-2H3. The first-order chi connectivity index (χ1) is 9.38. The highest BCUT2D eigenvalue weighted by Crippen LogP contribution is 2.20. The molecule has 0 radical (unpaired) electrons. The van der Waals surface area contributed by atoms with Gasteiger partial charge in [0.2, 0.25) is 0 Å². The molecule has 1 aliphatic rings. The summed E-state index contributed by atoms with van der Waals surface area (Å²) in [5, 5.41) is 0. The van der Waals surface area contributed by atoms with Gasteiger partial charge in [0, 0.05) is 18.7 Å². The molecule has 1 heterocycles. The molecule has 2 rings (SSSR count). The highest BCUT2D eigenvalue weighted by Gasteiger charge is 2.26. The van der Waals surface area contributed by atoms with E-state index in [1.54, 1.807) is 24.3 Å². The van der Waals surface area contributed by atoms with Crippen LogP contribution in [0.25, 0.3) is 0 Å². The number of anilines is 1. The number of benzene rings is 1. The molecule has 0 amide bonds. The minimum Gasteiger partial charge on any atom is -0.295 e. The van der Waals surface area contributed by atoms with Crippen LogP contribution in [0.1, 0.15) is 37.0 Å². The topological polar surface area (TPSA) is 66.5 Å². The van der Waals surface area contributed by atoms with Crippen molar-refractivity contribution in [3.05, 3.63) is 29.8 Å². The second-order valence-corrected chi connectivity index (χ2v) is 7.02. The molecule has 1 unspecified atom stereocenters. The molecule has 1 fully saturated rings. The van der Waals surface area contributed by atoms with Crippen molar-refractivity contribution in [3.63, 3.8) is 0 Å². The molecule has 0 bridgehead atoms. The van der Waals surface area contributed by atoms with Crippen LogP contribution in [0.4, 0.5) is 5.69 Å². The number of nitrogens with one attached hydrogen (secondary N) is 1. The molecule has 110 valence electrons. The van der Waals surface area contributed by atoms with Crippen molar-refractivity contribution in [2.45, 2.75) is 26.7 Å². The lowest BCUT2D eigenvalue weighted by Gasteiger charge is -2.30. The van der Waals surface area contributed by atoms with E-state index in [4.69, 9.17) is 0 Å². The van der Waals surface area contributed by atoms with Crippen molar-refractivity contribution in [1.82, 2.24) is 4.31 Å². The van der Waals surface area contributed by atoms with Crippen LogP contribution in [0, 0.1) is 5.92 Å². The summed E-state index contributed by atoms with van der Waals surface area (Å²) in [6.45, 7) is 4.60. The van der Waals surface area contributed by atoms with Crippen molar-refractivity contribution in [2.24, 2.45) is 5.92 Å². The number of piperidine rings is 1. The van der Waals surface area contributed by atoms with Crippen molar-refractivity contribution in [3.8, 4) is 0 Å². The predicted molar refractivity (Wildman–Crippen MR) is 79.0 cm³/mol. The van der Waals surface area contributed by atoms with Crippen molar-refractivity contribution in [1.29, 1.82) is 0 Å². The Labute approximate surface area is 120 Å². The number of hydrogen-bond donors (Lipinski definition) is 1. The van der Waals surface area contributed by atoms with E-state index in [-0.39, 0.29) is 5.78 Å². The molecule has 1 N–H and O–H groups in total. The normalized spacial score (nSPS) is 20.6. The largest absolute Gasteiger partial charge is 0.301 e. The van der Waals surface area contributed by atoms with Gasteiger partial charge in [-0.15, -0.1) is 0 Å². The smallest absolute Gasteiger partial charge is 0.295 e. The van der Waals surface area contributed by atoms with E-state index in [1.807, 2.05) is 0 Å². The third kappa shape index (κ3) is 3.58. The Morgan fingerprint density at radius 2 is 2.15 bits per heavy atom. The zero-order chi connectivity index (χ0) is 14.8. The number of carbonyl (C=O) groups excluding carboxylic acids is 1. The Kier molecular flexibility index (Phi) is 4.45. The summed E-state index contributed by atoms with van der Waals surface area (Å²) in [6.07, 6.45) is 1.95. The molecule has 1 aromatic rings. The van der Waals surface area contributed by atoms with Crippen LogP contribution >= 0.6 is 0 Å². The first kappa shape index (κ1) is 15.0. The predicted octanol–water partition coefficient (Wildman–Crippen LogP) is 2.28. The number of Topliss-reactive ketones (excluding diaryl/α,β-unsaturated/α-hetero) is 1.